The second kappa shape index (κ2) is 5.45. The first kappa shape index (κ1) is 12.8. The van der Waals surface area contributed by atoms with E-state index >= 15 is 0 Å². The maximum Gasteiger partial charge on any atom is 0.315 e. The molecule has 3 rings (SSSR count). The van der Waals surface area contributed by atoms with E-state index < -0.39 is 0 Å². The van der Waals surface area contributed by atoms with Gasteiger partial charge in [-0.2, -0.15) is 0 Å². The van der Waals surface area contributed by atoms with E-state index in [1.807, 2.05) is 24.4 Å². The fraction of sp³-hybridized carbons (Fsp3) is 0.400. The van der Waals surface area contributed by atoms with Crippen LogP contribution in [0.4, 0.5) is 4.79 Å². The van der Waals surface area contributed by atoms with Crippen LogP contribution in [-0.4, -0.2) is 30.7 Å². The van der Waals surface area contributed by atoms with Crippen molar-refractivity contribution in [2.45, 2.75) is 25.3 Å². The lowest BCUT2D eigenvalue weighted by atomic mass is 10.1. The topological polar surface area (TPSA) is 66.1 Å². The number of benzene rings is 1. The molecule has 0 spiro atoms. The third kappa shape index (κ3) is 2.87. The summed E-state index contributed by atoms with van der Waals surface area (Å²) in [5.41, 5.74) is 2.27. The van der Waals surface area contributed by atoms with Crippen LogP contribution in [0, 0.1) is 0 Å². The van der Waals surface area contributed by atoms with Gasteiger partial charge in [0.1, 0.15) is 5.75 Å². The van der Waals surface area contributed by atoms with Gasteiger partial charge in [-0.1, -0.05) is 0 Å². The summed E-state index contributed by atoms with van der Waals surface area (Å²) >= 11 is 0. The highest BCUT2D eigenvalue weighted by molar-refractivity contribution is 5.84. The maximum atomic E-state index is 11.5. The zero-order valence-corrected chi connectivity index (χ0v) is 11.5. The number of carbonyl (C=O) groups is 1. The van der Waals surface area contributed by atoms with E-state index in [2.05, 4.69) is 15.6 Å². The molecule has 5 nitrogen and oxygen atoms in total. The molecule has 0 aliphatic heterocycles. The molecule has 0 radical (unpaired) electrons. The summed E-state index contributed by atoms with van der Waals surface area (Å²) in [5.74, 6) is 0.845. The molecule has 1 heterocycles. The van der Waals surface area contributed by atoms with Crippen LogP contribution in [-0.2, 0) is 6.42 Å². The van der Waals surface area contributed by atoms with Crippen LogP contribution < -0.4 is 15.4 Å². The number of carbonyl (C=O) groups excluding carboxylic acids is 1. The lowest BCUT2D eigenvalue weighted by Crippen LogP contribution is -2.37. The molecule has 3 N–H and O–H groups in total. The smallest absolute Gasteiger partial charge is 0.315 e. The first-order valence-corrected chi connectivity index (χ1v) is 6.94. The maximum absolute atomic E-state index is 11.5. The minimum Gasteiger partial charge on any atom is -0.497 e. The standard InChI is InChI=1S/C15H19N3O2/c1-20-12-4-5-14-13(8-12)10(9-17-14)6-7-16-15(19)18-11-2-3-11/h4-5,8-9,11,17H,2-3,6-7H2,1H3,(H2,16,18,19). The summed E-state index contributed by atoms with van der Waals surface area (Å²) in [6.45, 7) is 0.628. The largest absolute Gasteiger partial charge is 0.497 e. The van der Waals surface area contributed by atoms with Gasteiger partial charge in [0, 0.05) is 29.7 Å². The molecule has 2 amide bonds. The van der Waals surface area contributed by atoms with Gasteiger partial charge in [-0.15, -0.1) is 0 Å². The Bertz CT molecular complexity index is 617. The summed E-state index contributed by atoms with van der Waals surface area (Å²) < 4.78 is 5.25. The zero-order valence-electron chi connectivity index (χ0n) is 11.5. The van der Waals surface area contributed by atoms with Crippen molar-refractivity contribution in [1.29, 1.82) is 0 Å². The molecule has 0 unspecified atom stereocenters. The summed E-state index contributed by atoms with van der Waals surface area (Å²) in [6.07, 6.45) is 5.00. The van der Waals surface area contributed by atoms with E-state index in [1.54, 1.807) is 7.11 Å². The summed E-state index contributed by atoms with van der Waals surface area (Å²) in [5, 5.41) is 6.95. The molecular formula is C15H19N3O2. The van der Waals surface area contributed by atoms with Crippen molar-refractivity contribution in [3.05, 3.63) is 30.0 Å². The fourth-order valence-corrected chi connectivity index (χ4v) is 2.27. The third-order valence-corrected chi connectivity index (χ3v) is 3.57. The van der Waals surface area contributed by atoms with Crippen molar-refractivity contribution < 1.29 is 9.53 Å². The number of aromatic amines is 1. The van der Waals surface area contributed by atoms with Crippen molar-refractivity contribution in [3.63, 3.8) is 0 Å². The SMILES string of the molecule is COc1ccc2[nH]cc(CCNC(=O)NC3CC3)c2c1. The second-order valence-corrected chi connectivity index (χ2v) is 5.15. The lowest BCUT2D eigenvalue weighted by molar-refractivity contribution is 0.240. The molecule has 1 saturated carbocycles. The number of aromatic nitrogens is 1. The molecule has 1 aromatic heterocycles. The molecule has 0 bridgehead atoms. The second-order valence-electron chi connectivity index (χ2n) is 5.15. The zero-order chi connectivity index (χ0) is 13.9. The van der Waals surface area contributed by atoms with E-state index in [-0.39, 0.29) is 6.03 Å². The number of fused-ring (bicyclic) bond motifs is 1. The monoisotopic (exact) mass is 273 g/mol. The molecule has 5 heteroatoms. The predicted octanol–water partition coefficient (Wildman–Crippen LogP) is 2.18. The molecule has 1 aliphatic carbocycles. The molecule has 106 valence electrons. The first-order valence-electron chi connectivity index (χ1n) is 6.94. The van der Waals surface area contributed by atoms with Crippen LogP contribution in [0.25, 0.3) is 10.9 Å². The number of ether oxygens (including phenoxy) is 1. The van der Waals surface area contributed by atoms with Gasteiger partial charge in [0.25, 0.3) is 0 Å². The molecule has 2 aromatic rings. The van der Waals surface area contributed by atoms with Gasteiger partial charge in [0.2, 0.25) is 0 Å². The van der Waals surface area contributed by atoms with Crippen molar-refractivity contribution in [1.82, 2.24) is 15.6 Å². The number of nitrogens with one attached hydrogen (secondary N) is 3. The van der Waals surface area contributed by atoms with Crippen molar-refractivity contribution in [2.24, 2.45) is 0 Å². The Labute approximate surface area is 117 Å². The number of methoxy groups -OCH3 is 1. The Morgan fingerprint density at radius 2 is 2.30 bits per heavy atom. The minimum absolute atomic E-state index is 0.0649. The van der Waals surface area contributed by atoms with Crippen LogP contribution in [0.2, 0.25) is 0 Å². The highest BCUT2D eigenvalue weighted by Gasteiger charge is 2.22. The average Bonchev–Trinajstić information content (AvgIpc) is 3.18. The van der Waals surface area contributed by atoms with Crippen LogP contribution in [0.15, 0.2) is 24.4 Å². The quantitative estimate of drug-likeness (QED) is 0.781. The number of urea groups is 1. The van der Waals surface area contributed by atoms with E-state index in [0.29, 0.717) is 12.6 Å². The molecule has 1 fully saturated rings. The molecular weight excluding hydrogens is 254 g/mol. The van der Waals surface area contributed by atoms with Gasteiger partial charge in [0.15, 0.2) is 0 Å². The van der Waals surface area contributed by atoms with Crippen molar-refractivity contribution in [3.8, 4) is 5.75 Å². The van der Waals surface area contributed by atoms with Crippen molar-refractivity contribution in [2.75, 3.05) is 13.7 Å². The normalized spacial score (nSPS) is 14.2. The highest BCUT2D eigenvalue weighted by atomic mass is 16.5. The number of rotatable bonds is 5. The van der Waals surface area contributed by atoms with Crippen molar-refractivity contribution >= 4 is 16.9 Å². The Kier molecular flexibility index (Phi) is 3.50. The van der Waals surface area contributed by atoms with Crippen LogP contribution >= 0.6 is 0 Å². The lowest BCUT2D eigenvalue weighted by Gasteiger charge is -2.06. The number of amides is 2. The first-order chi connectivity index (χ1) is 9.76. The van der Waals surface area contributed by atoms with E-state index in [4.69, 9.17) is 4.74 Å². The molecule has 20 heavy (non-hydrogen) atoms. The Balaban J connectivity index is 1.60. The Morgan fingerprint density at radius 3 is 3.05 bits per heavy atom. The molecule has 1 aromatic carbocycles. The van der Waals surface area contributed by atoms with Gasteiger partial charge >= 0.3 is 6.03 Å². The van der Waals surface area contributed by atoms with E-state index in [0.717, 1.165) is 35.9 Å². The molecule has 1 aliphatic rings. The van der Waals surface area contributed by atoms with E-state index in [1.165, 1.54) is 5.56 Å². The molecule has 0 saturated heterocycles. The summed E-state index contributed by atoms with van der Waals surface area (Å²) in [4.78, 5) is 14.8. The number of hydrogen-bond acceptors (Lipinski definition) is 2. The van der Waals surface area contributed by atoms with Crippen LogP contribution in [0.5, 0.6) is 5.75 Å². The van der Waals surface area contributed by atoms with Gasteiger partial charge in [-0.3, -0.25) is 0 Å². The van der Waals surface area contributed by atoms with Gasteiger partial charge in [-0.05, 0) is 43.0 Å². The Hall–Kier alpha value is -2.17. The summed E-state index contributed by atoms with van der Waals surface area (Å²) in [6, 6.07) is 6.29. The van der Waals surface area contributed by atoms with Gasteiger partial charge in [0.05, 0.1) is 7.11 Å². The summed E-state index contributed by atoms with van der Waals surface area (Å²) in [7, 11) is 1.66. The average molecular weight is 273 g/mol. The van der Waals surface area contributed by atoms with Crippen LogP contribution in [0.3, 0.4) is 0 Å². The molecule has 0 atom stereocenters. The minimum atomic E-state index is -0.0649. The van der Waals surface area contributed by atoms with Crippen LogP contribution in [0.1, 0.15) is 18.4 Å². The third-order valence-electron chi connectivity index (χ3n) is 3.57. The van der Waals surface area contributed by atoms with E-state index in [9.17, 15) is 4.79 Å². The number of hydrogen-bond donors (Lipinski definition) is 3. The van der Waals surface area contributed by atoms with Gasteiger partial charge in [-0.25, -0.2) is 4.79 Å². The highest BCUT2D eigenvalue weighted by Crippen LogP contribution is 2.23. The Morgan fingerprint density at radius 1 is 1.45 bits per heavy atom. The number of H-pyrrole nitrogens is 1. The fourth-order valence-electron chi connectivity index (χ4n) is 2.27. The predicted molar refractivity (Wildman–Crippen MR) is 78.1 cm³/mol. The van der Waals surface area contributed by atoms with Gasteiger partial charge < -0.3 is 20.4 Å².